The van der Waals surface area contributed by atoms with Gasteiger partial charge in [0.05, 0.1) is 4.88 Å². The third-order valence-electron chi connectivity index (χ3n) is 3.70. The van der Waals surface area contributed by atoms with Crippen molar-refractivity contribution < 1.29 is 4.79 Å². The lowest BCUT2D eigenvalue weighted by Gasteiger charge is -2.34. The average molecular weight is 303 g/mol. The monoisotopic (exact) mass is 302 g/mol. The summed E-state index contributed by atoms with van der Waals surface area (Å²) in [6, 6.07) is 2.05. The summed E-state index contributed by atoms with van der Waals surface area (Å²) in [5.74, 6) is 0.0913. The first kappa shape index (κ1) is 16.5. The standard InChI is InChI=1S/C14H22N2OS.ClH/c1-3-11-5-8-18-12(11)13(17)16-10-14(2)6-4-7-15-9-14;/h5,8,15H,3-4,6-7,9-10H2,1-2H3,(H,16,17);1H. The van der Waals surface area contributed by atoms with Gasteiger partial charge in [-0.2, -0.15) is 0 Å². The van der Waals surface area contributed by atoms with Crippen molar-refractivity contribution in [3.05, 3.63) is 21.9 Å². The Bertz CT molecular complexity index is 413. The molecule has 0 aliphatic carbocycles. The van der Waals surface area contributed by atoms with Crippen molar-refractivity contribution >= 4 is 29.7 Å². The fourth-order valence-corrected chi connectivity index (χ4v) is 3.37. The van der Waals surface area contributed by atoms with E-state index >= 15 is 0 Å². The smallest absolute Gasteiger partial charge is 0.261 e. The summed E-state index contributed by atoms with van der Waals surface area (Å²) in [6.45, 7) is 7.20. The SMILES string of the molecule is CCc1ccsc1C(=O)NCC1(C)CCCNC1.Cl. The maximum atomic E-state index is 12.1. The highest BCUT2D eigenvalue weighted by Crippen LogP contribution is 2.25. The molecule has 0 aromatic carbocycles. The minimum atomic E-state index is 0. The molecule has 2 N–H and O–H groups in total. The molecule has 19 heavy (non-hydrogen) atoms. The molecule has 108 valence electrons. The van der Waals surface area contributed by atoms with Crippen LogP contribution in [0.15, 0.2) is 11.4 Å². The van der Waals surface area contributed by atoms with Crippen LogP contribution in [0.5, 0.6) is 0 Å². The van der Waals surface area contributed by atoms with Crippen LogP contribution in [0.1, 0.15) is 41.9 Å². The van der Waals surface area contributed by atoms with E-state index in [1.165, 1.54) is 12.8 Å². The summed E-state index contributed by atoms with van der Waals surface area (Å²) in [5, 5.41) is 8.51. The predicted molar refractivity (Wildman–Crippen MR) is 83.5 cm³/mol. The van der Waals surface area contributed by atoms with Crippen LogP contribution >= 0.6 is 23.7 Å². The zero-order valence-electron chi connectivity index (χ0n) is 11.6. The van der Waals surface area contributed by atoms with E-state index in [0.29, 0.717) is 0 Å². The number of piperidine rings is 1. The Morgan fingerprint density at radius 2 is 2.37 bits per heavy atom. The lowest BCUT2D eigenvalue weighted by Crippen LogP contribution is -2.45. The van der Waals surface area contributed by atoms with Crippen LogP contribution in [0.25, 0.3) is 0 Å². The number of hydrogen-bond acceptors (Lipinski definition) is 3. The normalized spacial score (nSPS) is 22.6. The molecule has 1 aliphatic heterocycles. The van der Waals surface area contributed by atoms with Crippen molar-refractivity contribution in [2.24, 2.45) is 5.41 Å². The van der Waals surface area contributed by atoms with Gasteiger partial charge in [0, 0.05) is 13.1 Å². The number of hydrogen-bond donors (Lipinski definition) is 2. The maximum absolute atomic E-state index is 12.1. The lowest BCUT2D eigenvalue weighted by molar-refractivity contribution is 0.0928. The van der Waals surface area contributed by atoms with E-state index in [1.807, 2.05) is 11.4 Å². The van der Waals surface area contributed by atoms with E-state index < -0.39 is 0 Å². The van der Waals surface area contributed by atoms with Crippen molar-refractivity contribution in [2.75, 3.05) is 19.6 Å². The lowest BCUT2D eigenvalue weighted by atomic mass is 9.83. The van der Waals surface area contributed by atoms with Gasteiger partial charge in [0.2, 0.25) is 0 Å². The highest BCUT2D eigenvalue weighted by molar-refractivity contribution is 7.12. The molecule has 1 atom stereocenters. The van der Waals surface area contributed by atoms with Crippen LogP contribution in [0.4, 0.5) is 0 Å². The van der Waals surface area contributed by atoms with E-state index in [0.717, 1.165) is 36.5 Å². The second-order valence-corrected chi connectivity index (χ2v) is 6.32. The molecule has 3 nitrogen and oxygen atoms in total. The number of aryl methyl sites for hydroxylation is 1. The number of thiophene rings is 1. The predicted octanol–water partition coefficient (Wildman–Crippen LogP) is 2.85. The van der Waals surface area contributed by atoms with E-state index in [-0.39, 0.29) is 23.7 Å². The fourth-order valence-electron chi connectivity index (χ4n) is 2.46. The zero-order valence-corrected chi connectivity index (χ0v) is 13.3. The molecule has 1 aromatic heterocycles. The topological polar surface area (TPSA) is 41.1 Å². The van der Waals surface area contributed by atoms with Gasteiger partial charge in [-0.1, -0.05) is 13.8 Å². The van der Waals surface area contributed by atoms with Gasteiger partial charge in [-0.25, -0.2) is 0 Å². The van der Waals surface area contributed by atoms with E-state index in [4.69, 9.17) is 0 Å². The van der Waals surface area contributed by atoms with Crippen LogP contribution < -0.4 is 10.6 Å². The summed E-state index contributed by atoms with van der Waals surface area (Å²) in [6.07, 6.45) is 3.31. The molecule has 1 saturated heterocycles. The molecule has 1 unspecified atom stereocenters. The Hall–Kier alpha value is -0.580. The van der Waals surface area contributed by atoms with Gasteiger partial charge in [0.1, 0.15) is 0 Å². The number of rotatable bonds is 4. The summed E-state index contributed by atoms with van der Waals surface area (Å²) < 4.78 is 0. The molecule has 2 heterocycles. The second-order valence-electron chi connectivity index (χ2n) is 5.40. The second kappa shape index (κ2) is 7.27. The third kappa shape index (κ3) is 4.20. The molecule has 1 aromatic rings. The summed E-state index contributed by atoms with van der Waals surface area (Å²) >= 11 is 1.54. The zero-order chi connectivity index (χ0) is 13.0. The van der Waals surface area contributed by atoms with Crippen molar-refractivity contribution in [1.82, 2.24) is 10.6 Å². The molecule has 0 bridgehead atoms. The molecular formula is C14H23ClN2OS. The first-order valence-corrected chi connectivity index (χ1v) is 7.58. The molecule has 0 saturated carbocycles. The summed E-state index contributed by atoms with van der Waals surface area (Å²) in [7, 11) is 0. The van der Waals surface area contributed by atoms with Crippen LogP contribution in [-0.2, 0) is 6.42 Å². The quantitative estimate of drug-likeness (QED) is 0.898. The number of carbonyl (C=O) groups excluding carboxylic acids is 1. The van der Waals surface area contributed by atoms with Crippen LogP contribution in [0.2, 0.25) is 0 Å². The molecule has 2 rings (SSSR count). The highest BCUT2D eigenvalue weighted by atomic mass is 35.5. The number of carbonyl (C=O) groups is 1. The van der Waals surface area contributed by atoms with Gasteiger partial charge >= 0.3 is 0 Å². The Balaban J connectivity index is 0.00000180. The summed E-state index contributed by atoms with van der Waals surface area (Å²) in [4.78, 5) is 13.0. The number of amides is 1. The number of nitrogens with one attached hydrogen (secondary N) is 2. The first-order chi connectivity index (χ1) is 8.64. The Labute approximate surface area is 125 Å². The van der Waals surface area contributed by atoms with Gasteiger partial charge in [0.15, 0.2) is 0 Å². The molecule has 5 heteroatoms. The van der Waals surface area contributed by atoms with Gasteiger partial charge in [-0.3, -0.25) is 4.79 Å². The fraction of sp³-hybridized carbons (Fsp3) is 0.643. The summed E-state index contributed by atoms with van der Waals surface area (Å²) in [5.41, 5.74) is 1.36. The average Bonchev–Trinajstić information content (AvgIpc) is 2.85. The maximum Gasteiger partial charge on any atom is 0.261 e. The van der Waals surface area contributed by atoms with E-state index in [1.54, 1.807) is 11.3 Å². The Morgan fingerprint density at radius 1 is 1.58 bits per heavy atom. The Morgan fingerprint density at radius 3 is 3.00 bits per heavy atom. The third-order valence-corrected chi connectivity index (χ3v) is 4.65. The minimum Gasteiger partial charge on any atom is -0.351 e. The van der Waals surface area contributed by atoms with Gasteiger partial charge in [-0.15, -0.1) is 23.7 Å². The molecule has 1 amide bonds. The number of halogens is 1. The minimum absolute atomic E-state index is 0. The highest BCUT2D eigenvalue weighted by Gasteiger charge is 2.27. The largest absolute Gasteiger partial charge is 0.351 e. The van der Waals surface area contributed by atoms with Gasteiger partial charge in [-0.05, 0) is 48.2 Å². The van der Waals surface area contributed by atoms with E-state index in [2.05, 4.69) is 24.5 Å². The van der Waals surface area contributed by atoms with Crippen molar-refractivity contribution in [3.8, 4) is 0 Å². The van der Waals surface area contributed by atoms with Gasteiger partial charge < -0.3 is 10.6 Å². The molecule has 1 aliphatic rings. The van der Waals surface area contributed by atoms with Crippen LogP contribution in [0, 0.1) is 5.41 Å². The molecule has 1 fully saturated rings. The van der Waals surface area contributed by atoms with E-state index in [9.17, 15) is 4.79 Å². The van der Waals surface area contributed by atoms with Gasteiger partial charge in [0.25, 0.3) is 5.91 Å². The van der Waals surface area contributed by atoms with Crippen molar-refractivity contribution in [1.29, 1.82) is 0 Å². The van der Waals surface area contributed by atoms with Crippen molar-refractivity contribution in [3.63, 3.8) is 0 Å². The van der Waals surface area contributed by atoms with Crippen LogP contribution in [-0.4, -0.2) is 25.5 Å². The Kier molecular flexibility index (Phi) is 6.30. The van der Waals surface area contributed by atoms with Crippen LogP contribution in [0.3, 0.4) is 0 Å². The molecule has 0 spiro atoms. The molecular weight excluding hydrogens is 280 g/mol. The molecule has 0 radical (unpaired) electrons. The first-order valence-electron chi connectivity index (χ1n) is 6.70. The van der Waals surface area contributed by atoms with Crippen molar-refractivity contribution in [2.45, 2.75) is 33.1 Å².